The van der Waals surface area contributed by atoms with E-state index in [2.05, 4.69) is 37.8 Å². The summed E-state index contributed by atoms with van der Waals surface area (Å²) >= 11 is 1.58. The average Bonchev–Trinajstić information content (AvgIpc) is 3.73. The summed E-state index contributed by atoms with van der Waals surface area (Å²) in [7, 11) is 2.10. The number of unbranched alkanes of at least 4 members (excludes halogenated alkanes) is 2. The molecule has 14 nitrogen and oxygen atoms in total. The van der Waals surface area contributed by atoms with Gasteiger partial charge in [-0.25, -0.2) is 4.98 Å². The number of carbonyl (C=O) groups excluding carboxylic acids is 4. The van der Waals surface area contributed by atoms with Crippen LogP contribution in [0.4, 0.5) is 0 Å². The van der Waals surface area contributed by atoms with Gasteiger partial charge >= 0.3 is 0 Å². The lowest BCUT2D eigenvalue weighted by molar-refractivity contribution is -0.138. The minimum absolute atomic E-state index is 0.0343. The van der Waals surface area contributed by atoms with E-state index in [9.17, 15) is 24.3 Å². The standard InChI is InChI=1S/C35H53N7O7S/c1-26-34(50-25-39-26)28-8-6-27(7-9-28)21-38-35(47)30-20-29(43)23-42(30)33(46)22-37-31(44)10-17-49-19-18-48-16-5-3-4-11-36-32(45)24-41-14-12-40(2)13-15-41/h6-9,25,29-30,43H,3-5,10-24H2,1-2H3,(H,36,45)(H,37,44)(H,38,47)/t29-,30+/m1/s1. The van der Waals surface area contributed by atoms with Crippen LogP contribution < -0.4 is 16.0 Å². The van der Waals surface area contributed by atoms with E-state index in [1.165, 1.54) is 4.90 Å². The van der Waals surface area contributed by atoms with Gasteiger partial charge in [-0.2, -0.15) is 0 Å². The number of nitrogens with zero attached hydrogens (tertiary/aromatic N) is 4. The molecule has 0 saturated carbocycles. The molecule has 0 aliphatic carbocycles. The number of aromatic nitrogens is 1. The number of hydrogen-bond acceptors (Lipinski definition) is 11. The van der Waals surface area contributed by atoms with Crippen molar-refractivity contribution in [2.75, 3.05) is 85.8 Å². The van der Waals surface area contributed by atoms with Gasteiger partial charge in [0.1, 0.15) is 6.04 Å². The number of carbonyl (C=O) groups is 4. The van der Waals surface area contributed by atoms with Crippen molar-refractivity contribution in [1.29, 1.82) is 0 Å². The first-order chi connectivity index (χ1) is 24.2. The van der Waals surface area contributed by atoms with E-state index in [0.717, 1.165) is 67.1 Å². The molecule has 2 aromatic rings. The van der Waals surface area contributed by atoms with Crippen molar-refractivity contribution >= 4 is 35.0 Å². The molecule has 0 spiro atoms. The van der Waals surface area contributed by atoms with Crippen molar-refractivity contribution in [3.63, 3.8) is 0 Å². The summed E-state index contributed by atoms with van der Waals surface area (Å²) in [6.07, 6.45) is 2.17. The SMILES string of the molecule is Cc1ncsc1-c1ccc(CNC(=O)[C@@H]2C[C@@H](O)CN2C(=O)CNC(=O)CCOCCOCCCCCNC(=O)CN2CCN(C)CC2)cc1. The number of likely N-dealkylation sites (tertiary alicyclic amines) is 1. The fourth-order valence-electron chi connectivity index (χ4n) is 5.85. The summed E-state index contributed by atoms with van der Waals surface area (Å²) in [5.41, 5.74) is 4.76. The Balaban J connectivity index is 0.992. The summed E-state index contributed by atoms with van der Waals surface area (Å²) in [5.74, 6) is -1.03. The highest BCUT2D eigenvalue weighted by molar-refractivity contribution is 7.13. The van der Waals surface area contributed by atoms with Crippen LogP contribution in [-0.4, -0.2) is 146 Å². The number of β-amino-alcohol motifs (C(OH)–C–C–N with tert-alkyl or cyclic N) is 1. The molecule has 2 fully saturated rings. The molecule has 1 aromatic carbocycles. The topological polar surface area (TPSA) is 166 Å². The largest absolute Gasteiger partial charge is 0.391 e. The lowest BCUT2D eigenvalue weighted by atomic mass is 10.1. The number of hydrogen-bond donors (Lipinski definition) is 4. The van der Waals surface area contributed by atoms with Crippen LogP contribution in [0, 0.1) is 6.92 Å². The second-order valence-electron chi connectivity index (χ2n) is 12.9. The van der Waals surface area contributed by atoms with Crippen molar-refractivity contribution in [3.05, 3.63) is 41.0 Å². The fourth-order valence-corrected chi connectivity index (χ4v) is 6.66. The Bertz CT molecular complexity index is 1370. The number of benzene rings is 1. The lowest BCUT2D eigenvalue weighted by Crippen LogP contribution is -2.49. The Kier molecular flexibility index (Phi) is 16.5. The number of nitrogens with one attached hydrogen (secondary N) is 3. The third-order valence-corrected chi connectivity index (χ3v) is 9.84. The fraction of sp³-hybridized carbons (Fsp3) is 0.629. The molecule has 0 unspecified atom stereocenters. The number of ether oxygens (including phenoxy) is 2. The van der Waals surface area contributed by atoms with Gasteiger partial charge in [-0.15, -0.1) is 11.3 Å². The molecular formula is C35H53N7O7S. The molecule has 2 aliphatic heterocycles. The van der Waals surface area contributed by atoms with E-state index in [4.69, 9.17) is 9.47 Å². The van der Waals surface area contributed by atoms with Crippen LogP contribution in [-0.2, 0) is 35.2 Å². The van der Waals surface area contributed by atoms with E-state index < -0.39 is 18.1 Å². The molecule has 15 heteroatoms. The van der Waals surface area contributed by atoms with Crippen LogP contribution in [0.3, 0.4) is 0 Å². The lowest BCUT2D eigenvalue weighted by Gasteiger charge is -2.31. The van der Waals surface area contributed by atoms with Crippen LogP contribution in [0.2, 0.25) is 0 Å². The maximum Gasteiger partial charge on any atom is 0.243 e. The van der Waals surface area contributed by atoms with E-state index >= 15 is 0 Å². The minimum Gasteiger partial charge on any atom is -0.391 e. The first-order valence-corrected chi connectivity index (χ1v) is 18.4. The van der Waals surface area contributed by atoms with Gasteiger partial charge in [-0.3, -0.25) is 24.1 Å². The number of thiazole rings is 1. The normalized spacial score (nSPS) is 18.3. The molecule has 4 N–H and O–H groups in total. The highest BCUT2D eigenvalue weighted by Crippen LogP contribution is 2.27. The number of piperazine rings is 1. The zero-order valence-corrected chi connectivity index (χ0v) is 30.2. The smallest absolute Gasteiger partial charge is 0.243 e. The number of aliphatic hydroxyl groups excluding tert-OH is 1. The first kappa shape index (κ1) is 39.3. The second kappa shape index (κ2) is 21.0. The molecule has 4 rings (SSSR count). The van der Waals surface area contributed by atoms with Gasteiger partial charge in [0.15, 0.2) is 0 Å². The molecular weight excluding hydrogens is 662 g/mol. The Morgan fingerprint density at radius 3 is 2.38 bits per heavy atom. The Hall–Kier alpha value is -3.47. The van der Waals surface area contributed by atoms with Gasteiger partial charge in [0.25, 0.3) is 0 Å². The molecule has 3 heterocycles. The zero-order chi connectivity index (χ0) is 35.7. The molecule has 0 radical (unpaired) electrons. The summed E-state index contributed by atoms with van der Waals surface area (Å²) in [6, 6.07) is 7.05. The highest BCUT2D eigenvalue weighted by Gasteiger charge is 2.38. The van der Waals surface area contributed by atoms with E-state index in [1.807, 2.05) is 36.7 Å². The maximum atomic E-state index is 13.0. The summed E-state index contributed by atoms with van der Waals surface area (Å²) in [6.45, 7) is 8.58. The zero-order valence-electron chi connectivity index (χ0n) is 29.4. The molecule has 4 amide bonds. The monoisotopic (exact) mass is 715 g/mol. The van der Waals surface area contributed by atoms with E-state index in [0.29, 0.717) is 32.9 Å². The summed E-state index contributed by atoms with van der Waals surface area (Å²) in [5, 5.41) is 18.7. The van der Waals surface area contributed by atoms with Crippen molar-refractivity contribution < 1.29 is 33.8 Å². The predicted octanol–water partition coefficient (Wildman–Crippen LogP) is 0.770. The van der Waals surface area contributed by atoms with Crippen LogP contribution >= 0.6 is 11.3 Å². The van der Waals surface area contributed by atoms with E-state index in [1.54, 1.807) is 11.3 Å². The molecule has 0 bridgehead atoms. The molecule has 2 saturated heterocycles. The average molecular weight is 716 g/mol. The van der Waals surface area contributed by atoms with Crippen molar-refractivity contribution in [2.24, 2.45) is 0 Å². The number of amides is 4. The summed E-state index contributed by atoms with van der Waals surface area (Å²) < 4.78 is 11.1. The molecule has 276 valence electrons. The van der Waals surface area contributed by atoms with Gasteiger partial charge in [-0.1, -0.05) is 24.3 Å². The number of rotatable bonds is 20. The number of aliphatic hydroxyl groups is 1. The number of aryl methyl sites for hydroxylation is 1. The Labute approximate surface area is 298 Å². The van der Waals surface area contributed by atoms with Crippen LogP contribution in [0.5, 0.6) is 0 Å². The van der Waals surface area contributed by atoms with Crippen LogP contribution in [0.15, 0.2) is 29.8 Å². The molecule has 50 heavy (non-hydrogen) atoms. The molecule has 1 aromatic heterocycles. The van der Waals surface area contributed by atoms with Crippen LogP contribution in [0.25, 0.3) is 10.4 Å². The highest BCUT2D eigenvalue weighted by atomic mass is 32.1. The van der Waals surface area contributed by atoms with Crippen molar-refractivity contribution in [1.82, 2.24) is 35.6 Å². The minimum atomic E-state index is -0.812. The quantitative estimate of drug-likeness (QED) is 0.144. The Morgan fingerprint density at radius 2 is 1.66 bits per heavy atom. The predicted molar refractivity (Wildman–Crippen MR) is 190 cm³/mol. The van der Waals surface area contributed by atoms with Gasteiger partial charge < -0.3 is 40.3 Å². The van der Waals surface area contributed by atoms with Crippen molar-refractivity contribution in [2.45, 2.75) is 57.7 Å². The Morgan fingerprint density at radius 1 is 0.920 bits per heavy atom. The second-order valence-corrected chi connectivity index (χ2v) is 13.7. The third-order valence-electron chi connectivity index (χ3n) is 8.86. The molecule has 2 aliphatic rings. The van der Waals surface area contributed by atoms with Crippen molar-refractivity contribution in [3.8, 4) is 10.4 Å². The number of likely N-dealkylation sites (N-methyl/N-ethyl adjacent to an activating group) is 1. The van der Waals surface area contributed by atoms with Gasteiger partial charge in [0.05, 0.1) is 55.1 Å². The van der Waals surface area contributed by atoms with Crippen LogP contribution in [0.1, 0.15) is 43.4 Å². The third kappa shape index (κ3) is 13.3. The first-order valence-electron chi connectivity index (χ1n) is 17.5. The maximum absolute atomic E-state index is 13.0. The van der Waals surface area contributed by atoms with E-state index in [-0.39, 0.29) is 56.8 Å². The van der Waals surface area contributed by atoms with Gasteiger partial charge in [0, 0.05) is 65.3 Å². The summed E-state index contributed by atoms with van der Waals surface area (Å²) in [4.78, 5) is 61.4. The van der Waals surface area contributed by atoms with Gasteiger partial charge in [-0.05, 0) is 44.4 Å². The van der Waals surface area contributed by atoms with Gasteiger partial charge in [0.2, 0.25) is 23.6 Å². The molecule has 2 atom stereocenters.